The number of aliphatic hydroxyl groups excluding tert-OH is 1. The molecule has 1 aromatic heterocycles. The van der Waals surface area contributed by atoms with E-state index in [0.29, 0.717) is 12.4 Å². The minimum absolute atomic E-state index is 0.0209. The van der Waals surface area contributed by atoms with Crippen LogP contribution in [-0.2, 0) is 0 Å². The fourth-order valence-electron chi connectivity index (χ4n) is 1.60. The molecule has 3 nitrogen and oxygen atoms in total. The molecule has 1 heterocycles. The number of aliphatic hydroxyl groups is 1. The zero-order valence-corrected chi connectivity index (χ0v) is 9.79. The van der Waals surface area contributed by atoms with Crippen molar-refractivity contribution in [1.29, 1.82) is 0 Å². The number of hydrogen-bond donors (Lipinski definition) is 1. The van der Waals surface area contributed by atoms with Crippen molar-refractivity contribution >= 4 is 0 Å². The number of nitrogens with zero attached hydrogens (tertiary/aromatic N) is 1. The van der Waals surface area contributed by atoms with E-state index in [1.165, 1.54) is 12.1 Å². The summed E-state index contributed by atoms with van der Waals surface area (Å²) in [5.74, 6) is 0.149. The first-order valence-corrected chi connectivity index (χ1v) is 5.68. The predicted molar refractivity (Wildman–Crippen MR) is 66.0 cm³/mol. The summed E-state index contributed by atoms with van der Waals surface area (Å²) < 4.78 is 18.2. The number of rotatable bonds is 5. The van der Waals surface area contributed by atoms with E-state index in [0.717, 1.165) is 5.56 Å². The highest BCUT2D eigenvalue weighted by molar-refractivity contribution is 5.23. The zero-order valence-electron chi connectivity index (χ0n) is 9.79. The number of ether oxygens (including phenoxy) is 1. The van der Waals surface area contributed by atoms with Gasteiger partial charge in [-0.1, -0.05) is 6.07 Å². The molecular weight excluding hydrogens is 233 g/mol. The van der Waals surface area contributed by atoms with E-state index in [1.54, 1.807) is 24.5 Å². The van der Waals surface area contributed by atoms with Crippen LogP contribution in [0.25, 0.3) is 0 Å². The van der Waals surface area contributed by atoms with Crippen molar-refractivity contribution in [1.82, 2.24) is 4.98 Å². The molecule has 1 atom stereocenters. The maximum absolute atomic E-state index is 12.7. The van der Waals surface area contributed by atoms with Crippen LogP contribution in [0.2, 0.25) is 0 Å². The van der Waals surface area contributed by atoms with Crippen LogP contribution in [0.3, 0.4) is 0 Å². The third-order valence-corrected chi connectivity index (χ3v) is 2.64. The van der Waals surface area contributed by atoms with Gasteiger partial charge in [0.1, 0.15) is 11.6 Å². The van der Waals surface area contributed by atoms with Gasteiger partial charge in [-0.3, -0.25) is 4.98 Å². The van der Waals surface area contributed by atoms with E-state index in [2.05, 4.69) is 4.98 Å². The second kappa shape index (κ2) is 6.12. The van der Waals surface area contributed by atoms with E-state index in [-0.39, 0.29) is 18.3 Å². The molecule has 2 aromatic rings. The van der Waals surface area contributed by atoms with Crippen LogP contribution in [0.4, 0.5) is 4.39 Å². The summed E-state index contributed by atoms with van der Waals surface area (Å²) >= 11 is 0. The summed E-state index contributed by atoms with van der Waals surface area (Å²) in [6.07, 6.45) is 3.38. The van der Waals surface area contributed by atoms with Crippen LogP contribution in [0.15, 0.2) is 48.8 Å². The Morgan fingerprint density at radius 2 is 2.00 bits per heavy atom. The molecule has 0 spiro atoms. The minimum Gasteiger partial charge on any atom is -0.493 e. The third kappa shape index (κ3) is 3.28. The first kappa shape index (κ1) is 12.5. The maximum atomic E-state index is 12.7. The molecule has 2 rings (SSSR count). The summed E-state index contributed by atoms with van der Waals surface area (Å²) in [6.45, 7) is 0.306. The largest absolute Gasteiger partial charge is 0.493 e. The van der Waals surface area contributed by atoms with Gasteiger partial charge >= 0.3 is 0 Å². The maximum Gasteiger partial charge on any atom is 0.123 e. The topological polar surface area (TPSA) is 42.4 Å². The van der Waals surface area contributed by atoms with Gasteiger partial charge in [0.05, 0.1) is 13.2 Å². The van der Waals surface area contributed by atoms with Crippen LogP contribution in [0, 0.1) is 5.82 Å². The highest BCUT2D eigenvalue weighted by Crippen LogP contribution is 2.17. The Morgan fingerprint density at radius 3 is 2.61 bits per heavy atom. The highest BCUT2D eigenvalue weighted by Gasteiger charge is 2.11. The third-order valence-electron chi connectivity index (χ3n) is 2.64. The number of hydrogen-bond acceptors (Lipinski definition) is 3. The number of halogens is 1. The molecular formula is C14H14FNO2. The summed E-state index contributed by atoms with van der Waals surface area (Å²) in [7, 11) is 0. The monoisotopic (exact) mass is 247 g/mol. The van der Waals surface area contributed by atoms with Crippen molar-refractivity contribution < 1.29 is 14.2 Å². The minimum atomic E-state index is -0.298. The van der Waals surface area contributed by atoms with Crippen LogP contribution in [-0.4, -0.2) is 23.3 Å². The quantitative estimate of drug-likeness (QED) is 0.882. The molecule has 0 radical (unpaired) electrons. The molecule has 0 aliphatic heterocycles. The lowest BCUT2D eigenvalue weighted by atomic mass is 10.0. The van der Waals surface area contributed by atoms with Crippen LogP contribution < -0.4 is 4.74 Å². The molecule has 94 valence electrons. The summed E-state index contributed by atoms with van der Waals surface area (Å²) in [4.78, 5) is 4.00. The molecule has 18 heavy (non-hydrogen) atoms. The summed E-state index contributed by atoms with van der Waals surface area (Å²) in [5.41, 5.74) is 0.919. The van der Waals surface area contributed by atoms with Gasteiger partial charge in [0, 0.05) is 18.3 Å². The van der Waals surface area contributed by atoms with E-state index in [1.807, 2.05) is 12.1 Å². The Morgan fingerprint density at radius 1 is 1.22 bits per heavy atom. The molecule has 0 aliphatic carbocycles. The van der Waals surface area contributed by atoms with Crippen LogP contribution in [0.1, 0.15) is 11.5 Å². The molecule has 1 aromatic carbocycles. The molecule has 0 fully saturated rings. The Kier molecular flexibility index (Phi) is 4.25. The Balaban J connectivity index is 1.97. The van der Waals surface area contributed by atoms with Crippen LogP contribution >= 0.6 is 0 Å². The average molecular weight is 247 g/mol. The van der Waals surface area contributed by atoms with Crippen molar-refractivity contribution in [3.05, 3.63) is 60.2 Å². The van der Waals surface area contributed by atoms with E-state index < -0.39 is 0 Å². The molecule has 0 bridgehead atoms. The normalized spacial score (nSPS) is 12.1. The fourth-order valence-corrected chi connectivity index (χ4v) is 1.60. The first-order chi connectivity index (χ1) is 8.79. The lowest BCUT2D eigenvalue weighted by Gasteiger charge is -2.15. The fraction of sp³-hybridized carbons (Fsp3) is 0.214. The SMILES string of the molecule is OCC(COc1ccc(F)cc1)c1cccnc1. The molecule has 1 N–H and O–H groups in total. The Bertz CT molecular complexity index is 473. The smallest absolute Gasteiger partial charge is 0.123 e. The van der Waals surface area contributed by atoms with E-state index in [4.69, 9.17) is 4.74 Å². The van der Waals surface area contributed by atoms with Crippen molar-refractivity contribution in [3.8, 4) is 5.75 Å². The van der Waals surface area contributed by atoms with Gasteiger partial charge in [-0.05, 0) is 35.9 Å². The van der Waals surface area contributed by atoms with Gasteiger partial charge < -0.3 is 9.84 Å². The number of aromatic nitrogens is 1. The molecule has 0 aliphatic rings. The van der Waals surface area contributed by atoms with Crippen molar-refractivity contribution in [3.63, 3.8) is 0 Å². The standard InChI is InChI=1S/C14H14FNO2/c15-13-3-5-14(6-4-13)18-10-12(9-17)11-2-1-7-16-8-11/h1-8,12,17H,9-10H2. The number of pyridine rings is 1. The Labute approximate surface area is 105 Å². The molecule has 1 unspecified atom stereocenters. The zero-order chi connectivity index (χ0) is 12.8. The van der Waals surface area contributed by atoms with E-state index >= 15 is 0 Å². The first-order valence-electron chi connectivity index (χ1n) is 5.68. The van der Waals surface area contributed by atoms with Crippen molar-refractivity contribution in [2.24, 2.45) is 0 Å². The van der Waals surface area contributed by atoms with Gasteiger partial charge in [-0.25, -0.2) is 4.39 Å². The van der Waals surface area contributed by atoms with Gasteiger partial charge in [-0.2, -0.15) is 0 Å². The van der Waals surface area contributed by atoms with Crippen LogP contribution in [0.5, 0.6) is 5.75 Å². The van der Waals surface area contributed by atoms with Gasteiger partial charge in [0.15, 0.2) is 0 Å². The van der Waals surface area contributed by atoms with Gasteiger partial charge in [0.2, 0.25) is 0 Å². The van der Waals surface area contributed by atoms with Gasteiger partial charge in [-0.15, -0.1) is 0 Å². The summed E-state index contributed by atoms with van der Waals surface area (Å²) in [5, 5.41) is 9.33. The van der Waals surface area contributed by atoms with Crippen molar-refractivity contribution in [2.75, 3.05) is 13.2 Å². The average Bonchev–Trinajstić information content (AvgIpc) is 2.43. The van der Waals surface area contributed by atoms with Gasteiger partial charge in [0.25, 0.3) is 0 Å². The molecule has 0 saturated carbocycles. The molecule has 4 heteroatoms. The van der Waals surface area contributed by atoms with E-state index in [9.17, 15) is 9.50 Å². The highest BCUT2D eigenvalue weighted by atomic mass is 19.1. The second-order valence-corrected chi connectivity index (χ2v) is 3.93. The number of benzene rings is 1. The molecule has 0 amide bonds. The lowest BCUT2D eigenvalue weighted by Crippen LogP contribution is -2.14. The van der Waals surface area contributed by atoms with Crippen molar-refractivity contribution in [2.45, 2.75) is 5.92 Å². The molecule has 0 saturated heterocycles. The Hall–Kier alpha value is -1.94. The lowest BCUT2D eigenvalue weighted by molar-refractivity contribution is 0.205. The predicted octanol–water partition coefficient (Wildman–Crippen LogP) is 2.38. The summed E-state index contributed by atoms with van der Waals surface area (Å²) in [6, 6.07) is 9.51. The second-order valence-electron chi connectivity index (χ2n) is 3.93.